The molecule has 0 aliphatic heterocycles. The van der Waals surface area contributed by atoms with Crippen molar-refractivity contribution in [3.05, 3.63) is 176 Å². The van der Waals surface area contributed by atoms with Crippen LogP contribution < -0.4 is 0 Å². The second kappa shape index (κ2) is 11.5. The lowest BCUT2D eigenvalue weighted by atomic mass is 9.95. The number of fused-ring (bicyclic) bond motifs is 11. The number of rotatable bonds is 4. The van der Waals surface area contributed by atoms with Crippen molar-refractivity contribution >= 4 is 76.6 Å². The zero-order valence-electron chi connectivity index (χ0n) is 29.4. The molecule has 0 amide bonds. The van der Waals surface area contributed by atoms with Crippen LogP contribution in [0.15, 0.2) is 185 Å². The highest BCUT2D eigenvalue weighted by atomic mass is 16.3. The standard InChI is InChI=1S/C50H29N3O2/c1-2-13-30(14-3-1)31-25-27-32(28-26-31)46-37-17-4-8-21-41(37)51-50(52-46)53-42-22-9-5-18-38(42)45-39(29-40-34-16-7-11-24-44(34)55-49(40)47(45)53)36-20-12-19-35-33-15-6-10-23-43(33)54-48(35)36/h1-29H. The van der Waals surface area contributed by atoms with Gasteiger partial charge in [0.15, 0.2) is 5.58 Å². The molecule has 4 heterocycles. The second-order valence-electron chi connectivity index (χ2n) is 14.1. The van der Waals surface area contributed by atoms with Gasteiger partial charge in [-0.3, -0.25) is 4.57 Å². The first-order chi connectivity index (χ1) is 27.3. The fraction of sp³-hybridized carbons (Fsp3) is 0. The summed E-state index contributed by atoms with van der Waals surface area (Å²) in [6, 6.07) is 61.2. The van der Waals surface area contributed by atoms with E-state index >= 15 is 0 Å². The predicted octanol–water partition coefficient (Wildman–Crippen LogP) is 13.5. The molecule has 0 aliphatic rings. The molecule has 0 N–H and O–H groups in total. The highest BCUT2D eigenvalue weighted by molar-refractivity contribution is 6.27. The Morgan fingerprint density at radius 3 is 1.80 bits per heavy atom. The Morgan fingerprint density at radius 1 is 0.400 bits per heavy atom. The summed E-state index contributed by atoms with van der Waals surface area (Å²) in [5.74, 6) is 0.577. The first-order valence-electron chi connectivity index (χ1n) is 18.5. The van der Waals surface area contributed by atoms with Gasteiger partial charge in [-0.05, 0) is 47.0 Å². The van der Waals surface area contributed by atoms with E-state index in [9.17, 15) is 0 Å². The number of benzene rings is 8. The Kier molecular flexibility index (Phi) is 6.27. The maximum atomic E-state index is 6.84. The molecule has 0 aliphatic carbocycles. The molecule has 0 saturated carbocycles. The van der Waals surface area contributed by atoms with Gasteiger partial charge in [-0.1, -0.05) is 146 Å². The van der Waals surface area contributed by atoms with E-state index < -0.39 is 0 Å². The molecule has 5 nitrogen and oxygen atoms in total. The maximum absolute atomic E-state index is 6.84. The van der Waals surface area contributed by atoms with Gasteiger partial charge in [-0.15, -0.1) is 0 Å². The molecule has 0 saturated heterocycles. The Balaban J connectivity index is 1.20. The summed E-state index contributed by atoms with van der Waals surface area (Å²) < 4.78 is 15.7. The highest BCUT2D eigenvalue weighted by Crippen LogP contribution is 2.47. The molecule has 256 valence electrons. The predicted molar refractivity (Wildman–Crippen MR) is 225 cm³/mol. The molecular weight excluding hydrogens is 675 g/mol. The lowest BCUT2D eigenvalue weighted by Crippen LogP contribution is -2.03. The Hall–Kier alpha value is -7.50. The maximum Gasteiger partial charge on any atom is 0.235 e. The van der Waals surface area contributed by atoms with Crippen molar-refractivity contribution in [3.63, 3.8) is 0 Å². The fourth-order valence-electron chi connectivity index (χ4n) is 8.54. The SMILES string of the molecule is c1ccc(-c2ccc(-c3nc(-n4c5ccccc5c5c(-c6cccc7c6oc6ccccc67)cc6c7ccccc7oc6c54)nc4ccccc34)cc2)cc1. The molecule has 8 aromatic carbocycles. The van der Waals surface area contributed by atoms with Crippen LogP contribution >= 0.6 is 0 Å². The Morgan fingerprint density at radius 2 is 1.00 bits per heavy atom. The summed E-state index contributed by atoms with van der Waals surface area (Å²) >= 11 is 0. The topological polar surface area (TPSA) is 57.0 Å². The van der Waals surface area contributed by atoms with Crippen molar-refractivity contribution < 1.29 is 8.83 Å². The number of para-hydroxylation sites is 5. The summed E-state index contributed by atoms with van der Waals surface area (Å²) in [5, 5.41) is 7.38. The van der Waals surface area contributed by atoms with E-state index in [-0.39, 0.29) is 0 Å². The van der Waals surface area contributed by atoms with E-state index in [1.807, 2.05) is 36.4 Å². The van der Waals surface area contributed by atoms with Crippen LogP contribution in [0.3, 0.4) is 0 Å². The molecule has 0 atom stereocenters. The van der Waals surface area contributed by atoms with Crippen LogP contribution in [0.2, 0.25) is 0 Å². The van der Waals surface area contributed by atoms with Crippen LogP contribution in [0.1, 0.15) is 0 Å². The normalized spacial score (nSPS) is 12.0. The molecule has 12 rings (SSSR count). The van der Waals surface area contributed by atoms with Gasteiger partial charge in [0.2, 0.25) is 5.95 Å². The van der Waals surface area contributed by atoms with Gasteiger partial charge in [0.1, 0.15) is 22.3 Å². The summed E-state index contributed by atoms with van der Waals surface area (Å²) in [6.45, 7) is 0. The second-order valence-corrected chi connectivity index (χ2v) is 14.1. The van der Waals surface area contributed by atoms with Crippen LogP contribution in [-0.2, 0) is 0 Å². The van der Waals surface area contributed by atoms with Crippen molar-refractivity contribution in [1.29, 1.82) is 0 Å². The minimum Gasteiger partial charge on any atom is -0.455 e. The number of hydrogen-bond donors (Lipinski definition) is 0. The monoisotopic (exact) mass is 703 g/mol. The molecule has 5 heteroatoms. The molecule has 4 aromatic heterocycles. The molecular formula is C50H29N3O2. The van der Waals surface area contributed by atoms with Crippen LogP contribution in [0.4, 0.5) is 0 Å². The molecule has 12 aromatic rings. The summed E-state index contributed by atoms with van der Waals surface area (Å²) in [6.07, 6.45) is 0. The highest BCUT2D eigenvalue weighted by Gasteiger charge is 2.26. The quantitative estimate of drug-likeness (QED) is 0.183. The molecule has 0 unspecified atom stereocenters. The first-order valence-corrected chi connectivity index (χ1v) is 18.5. The lowest BCUT2D eigenvalue weighted by Gasteiger charge is -2.13. The van der Waals surface area contributed by atoms with Crippen molar-refractivity contribution in [2.45, 2.75) is 0 Å². The van der Waals surface area contributed by atoms with Gasteiger partial charge in [0.25, 0.3) is 0 Å². The average molecular weight is 704 g/mol. The van der Waals surface area contributed by atoms with Crippen molar-refractivity contribution in [1.82, 2.24) is 14.5 Å². The third kappa shape index (κ3) is 4.41. The number of furan rings is 2. The van der Waals surface area contributed by atoms with Gasteiger partial charge >= 0.3 is 0 Å². The minimum atomic E-state index is 0.577. The van der Waals surface area contributed by atoms with E-state index in [1.165, 1.54) is 5.56 Å². The fourth-order valence-corrected chi connectivity index (χ4v) is 8.54. The van der Waals surface area contributed by atoms with Crippen molar-refractivity contribution in [3.8, 4) is 39.5 Å². The summed E-state index contributed by atoms with van der Waals surface area (Å²) in [7, 11) is 0. The van der Waals surface area contributed by atoms with Gasteiger partial charge < -0.3 is 8.83 Å². The van der Waals surface area contributed by atoms with E-state index in [0.717, 1.165) is 105 Å². The van der Waals surface area contributed by atoms with Crippen LogP contribution in [-0.4, -0.2) is 14.5 Å². The van der Waals surface area contributed by atoms with E-state index in [2.05, 4.69) is 144 Å². The van der Waals surface area contributed by atoms with Crippen LogP contribution in [0, 0.1) is 0 Å². The van der Waals surface area contributed by atoms with E-state index in [0.29, 0.717) is 5.95 Å². The Bertz CT molecular complexity index is 3480. The van der Waals surface area contributed by atoms with E-state index in [1.54, 1.807) is 0 Å². The zero-order valence-corrected chi connectivity index (χ0v) is 29.4. The van der Waals surface area contributed by atoms with Gasteiger partial charge in [-0.2, -0.15) is 0 Å². The molecule has 55 heavy (non-hydrogen) atoms. The zero-order chi connectivity index (χ0) is 36.0. The van der Waals surface area contributed by atoms with Gasteiger partial charge in [0.05, 0.1) is 16.7 Å². The largest absolute Gasteiger partial charge is 0.455 e. The average Bonchev–Trinajstić information content (AvgIpc) is 3.93. The number of nitrogens with zero attached hydrogens (tertiary/aromatic N) is 3. The summed E-state index contributed by atoms with van der Waals surface area (Å²) in [4.78, 5) is 10.8. The minimum absolute atomic E-state index is 0.577. The number of hydrogen-bond acceptors (Lipinski definition) is 4. The molecule has 0 radical (unpaired) electrons. The van der Waals surface area contributed by atoms with Crippen LogP contribution in [0.5, 0.6) is 0 Å². The first kappa shape index (κ1) is 30.0. The van der Waals surface area contributed by atoms with E-state index in [4.69, 9.17) is 18.8 Å². The third-order valence-corrected chi connectivity index (χ3v) is 11.0. The van der Waals surface area contributed by atoms with Crippen molar-refractivity contribution in [2.75, 3.05) is 0 Å². The van der Waals surface area contributed by atoms with Gasteiger partial charge in [-0.25, -0.2) is 9.97 Å². The Labute approximate surface area is 314 Å². The molecule has 0 fully saturated rings. The van der Waals surface area contributed by atoms with Crippen LogP contribution in [0.25, 0.3) is 116 Å². The lowest BCUT2D eigenvalue weighted by molar-refractivity contribution is 0.669. The molecule has 0 spiro atoms. The van der Waals surface area contributed by atoms with Gasteiger partial charge in [0, 0.05) is 48.8 Å². The molecule has 0 bridgehead atoms. The smallest absolute Gasteiger partial charge is 0.235 e. The summed E-state index contributed by atoms with van der Waals surface area (Å²) in [5.41, 5.74) is 12.4. The van der Waals surface area contributed by atoms with Crippen molar-refractivity contribution in [2.24, 2.45) is 0 Å². The number of aromatic nitrogens is 3. The third-order valence-electron chi connectivity index (χ3n) is 11.0.